The van der Waals surface area contributed by atoms with E-state index in [0.29, 0.717) is 23.9 Å². The van der Waals surface area contributed by atoms with Gasteiger partial charge in [-0.05, 0) is 36.2 Å². The highest BCUT2D eigenvalue weighted by atomic mass is 35.5. The number of aromatic nitrogens is 1. The second kappa shape index (κ2) is 5.85. The number of nitrogens with zero attached hydrogens (tertiary/aromatic N) is 1. The minimum atomic E-state index is 0.411. The number of aryl methyl sites for hydroxylation is 1. The van der Waals surface area contributed by atoms with Gasteiger partial charge in [0, 0.05) is 12.7 Å². The Morgan fingerprint density at radius 3 is 2.83 bits per heavy atom. The summed E-state index contributed by atoms with van der Waals surface area (Å²) in [6.07, 6.45) is 1.75. The Balaban J connectivity index is 2.09. The molecule has 4 heteroatoms. The summed E-state index contributed by atoms with van der Waals surface area (Å²) in [4.78, 5) is 4.27. The topological polar surface area (TPSA) is 48.1 Å². The van der Waals surface area contributed by atoms with E-state index in [-0.39, 0.29) is 0 Å². The van der Waals surface area contributed by atoms with Crippen molar-refractivity contribution in [3.63, 3.8) is 0 Å². The van der Waals surface area contributed by atoms with Gasteiger partial charge in [-0.25, -0.2) is 0 Å². The van der Waals surface area contributed by atoms with Gasteiger partial charge >= 0.3 is 0 Å². The molecular weight excluding hydrogens is 248 g/mol. The molecule has 2 aromatic rings. The van der Waals surface area contributed by atoms with Crippen LogP contribution in [0.15, 0.2) is 36.5 Å². The van der Waals surface area contributed by atoms with Crippen LogP contribution in [-0.4, -0.2) is 4.98 Å². The first-order valence-electron chi connectivity index (χ1n) is 5.72. The van der Waals surface area contributed by atoms with Gasteiger partial charge in [-0.1, -0.05) is 23.7 Å². The number of pyridine rings is 1. The number of hydrogen-bond donors (Lipinski definition) is 1. The SMILES string of the molecule is Cc1cccnc1COc1ccc(CN)cc1Cl. The molecule has 0 atom stereocenters. The fraction of sp³-hybridized carbons (Fsp3) is 0.214. The van der Waals surface area contributed by atoms with Crippen molar-refractivity contribution in [3.8, 4) is 5.75 Å². The Morgan fingerprint density at radius 1 is 1.33 bits per heavy atom. The summed E-state index contributed by atoms with van der Waals surface area (Å²) in [5.41, 5.74) is 8.55. The van der Waals surface area contributed by atoms with Crippen molar-refractivity contribution in [2.45, 2.75) is 20.1 Å². The average Bonchev–Trinajstić information content (AvgIpc) is 2.39. The molecule has 1 heterocycles. The van der Waals surface area contributed by atoms with Crippen molar-refractivity contribution in [1.82, 2.24) is 4.98 Å². The maximum Gasteiger partial charge on any atom is 0.138 e. The maximum absolute atomic E-state index is 6.11. The predicted molar refractivity (Wildman–Crippen MR) is 72.6 cm³/mol. The van der Waals surface area contributed by atoms with E-state index < -0.39 is 0 Å². The van der Waals surface area contributed by atoms with Crippen molar-refractivity contribution in [1.29, 1.82) is 0 Å². The first-order valence-corrected chi connectivity index (χ1v) is 6.10. The Bertz CT molecular complexity index is 543. The van der Waals surface area contributed by atoms with E-state index in [1.807, 2.05) is 37.3 Å². The minimum absolute atomic E-state index is 0.411. The molecule has 3 nitrogen and oxygen atoms in total. The highest BCUT2D eigenvalue weighted by Crippen LogP contribution is 2.26. The molecule has 0 unspecified atom stereocenters. The van der Waals surface area contributed by atoms with E-state index in [0.717, 1.165) is 16.8 Å². The maximum atomic E-state index is 6.11. The molecule has 0 aliphatic carbocycles. The zero-order chi connectivity index (χ0) is 13.0. The fourth-order valence-corrected chi connectivity index (χ4v) is 1.86. The Morgan fingerprint density at radius 2 is 2.17 bits per heavy atom. The van der Waals surface area contributed by atoms with Crippen LogP contribution in [0.4, 0.5) is 0 Å². The van der Waals surface area contributed by atoms with Crippen molar-refractivity contribution < 1.29 is 4.74 Å². The van der Waals surface area contributed by atoms with Crippen LogP contribution in [0, 0.1) is 6.92 Å². The van der Waals surface area contributed by atoms with Crippen molar-refractivity contribution >= 4 is 11.6 Å². The molecule has 0 saturated heterocycles. The molecule has 0 radical (unpaired) electrons. The highest BCUT2D eigenvalue weighted by molar-refractivity contribution is 6.32. The second-order valence-electron chi connectivity index (χ2n) is 4.02. The molecule has 2 N–H and O–H groups in total. The molecule has 0 aliphatic rings. The van der Waals surface area contributed by atoms with Gasteiger partial charge < -0.3 is 10.5 Å². The van der Waals surface area contributed by atoms with Gasteiger partial charge in [0.2, 0.25) is 0 Å². The summed E-state index contributed by atoms with van der Waals surface area (Å²) >= 11 is 6.11. The summed E-state index contributed by atoms with van der Waals surface area (Å²) in [6, 6.07) is 9.48. The average molecular weight is 263 g/mol. The second-order valence-corrected chi connectivity index (χ2v) is 4.43. The van der Waals surface area contributed by atoms with Crippen molar-refractivity contribution in [3.05, 3.63) is 58.4 Å². The van der Waals surface area contributed by atoms with E-state index >= 15 is 0 Å². The molecule has 94 valence electrons. The van der Waals surface area contributed by atoms with E-state index in [9.17, 15) is 0 Å². The van der Waals surface area contributed by atoms with Gasteiger partial charge in [0.25, 0.3) is 0 Å². The van der Waals surface area contributed by atoms with E-state index in [1.165, 1.54) is 0 Å². The van der Waals surface area contributed by atoms with Gasteiger partial charge in [0.15, 0.2) is 0 Å². The quantitative estimate of drug-likeness (QED) is 0.921. The van der Waals surface area contributed by atoms with Gasteiger partial charge in [0.05, 0.1) is 10.7 Å². The molecule has 1 aromatic carbocycles. The van der Waals surface area contributed by atoms with Crippen LogP contribution in [0.25, 0.3) is 0 Å². The number of hydrogen-bond acceptors (Lipinski definition) is 3. The first kappa shape index (κ1) is 12.9. The van der Waals surface area contributed by atoms with Crippen LogP contribution in [0.3, 0.4) is 0 Å². The molecule has 0 bridgehead atoms. The molecule has 0 aliphatic heterocycles. The summed E-state index contributed by atoms with van der Waals surface area (Å²) in [5.74, 6) is 0.652. The monoisotopic (exact) mass is 262 g/mol. The van der Waals surface area contributed by atoms with Gasteiger partial charge in [-0.3, -0.25) is 4.98 Å². The molecule has 0 amide bonds. The number of halogens is 1. The van der Waals surface area contributed by atoms with Gasteiger partial charge in [-0.15, -0.1) is 0 Å². The fourth-order valence-electron chi connectivity index (χ4n) is 1.60. The summed E-state index contributed by atoms with van der Waals surface area (Å²) < 4.78 is 5.67. The van der Waals surface area contributed by atoms with Gasteiger partial charge in [-0.2, -0.15) is 0 Å². The Hall–Kier alpha value is -1.58. The van der Waals surface area contributed by atoms with Crippen LogP contribution < -0.4 is 10.5 Å². The molecule has 1 aromatic heterocycles. The van der Waals surface area contributed by atoms with Gasteiger partial charge in [0.1, 0.15) is 12.4 Å². The van der Waals surface area contributed by atoms with Crippen molar-refractivity contribution in [2.75, 3.05) is 0 Å². The molecule has 2 rings (SSSR count). The summed E-state index contributed by atoms with van der Waals surface area (Å²) in [6.45, 7) is 2.89. The van der Waals surface area contributed by atoms with Crippen molar-refractivity contribution in [2.24, 2.45) is 5.73 Å². The zero-order valence-electron chi connectivity index (χ0n) is 10.2. The number of rotatable bonds is 4. The standard InChI is InChI=1S/C14H15ClN2O/c1-10-3-2-6-17-13(10)9-18-14-5-4-11(8-16)7-12(14)15/h2-7H,8-9,16H2,1H3. The summed E-state index contributed by atoms with van der Waals surface area (Å²) in [7, 11) is 0. The summed E-state index contributed by atoms with van der Waals surface area (Å²) in [5, 5.41) is 0.575. The van der Waals surface area contributed by atoms with E-state index in [2.05, 4.69) is 4.98 Å². The molecule has 0 saturated carbocycles. The predicted octanol–water partition coefficient (Wildman–Crippen LogP) is 3.08. The Kier molecular flexibility index (Phi) is 4.18. The van der Waals surface area contributed by atoms with Crippen LogP contribution in [0.1, 0.15) is 16.8 Å². The lowest BCUT2D eigenvalue weighted by Gasteiger charge is -2.10. The third-order valence-electron chi connectivity index (χ3n) is 2.71. The van der Waals surface area contributed by atoms with Crippen LogP contribution in [-0.2, 0) is 13.2 Å². The van der Waals surface area contributed by atoms with E-state index in [1.54, 1.807) is 6.20 Å². The number of benzene rings is 1. The first-order chi connectivity index (χ1) is 8.70. The molecular formula is C14H15ClN2O. The van der Waals surface area contributed by atoms with E-state index in [4.69, 9.17) is 22.1 Å². The largest absolute Gasteiger partial charge is 0.486 e. The Labute approximate surface area is 112 Å². The third-order valence-corrected chi connectivity index (χ3v) is 3.01. The molecule has 0 fully saturated rings. The highest BCUT2D eigenvalue weighted by Gasteiger charge is 2.05. The lowest BCUT2D eigenvalue weighted by Crippen LogP contribution is -2.01. The van der Waals surface area contributed by atoms with Crippen LogP contribution >= 0.6 is 11.6 Å². The zero-order valence-corrected chi connectivity index (χ0v) is 10.9. The third kappa shape index (κ3) is 3.00. The smallest absolute Gasteiger partial charge is 0.138 e. The molecule has 0 spiro atoms. The number of ether oxygens (including phenoxy) is 1. The normalized spacial score (nSPS) is 10.4. The minimum Gasteiger partial charge on any atom is -0.486 e. The number of nitrogens with two attached hydrogens (primary N) is 1. The lowest BCUT2D eigenvalue weighted by atomic mass is 10.2. The lowest BCUT2D eigenvalue weighted by molar-refractivity contribution is 0.300. The molecule has 18 heavy (non-hydrogen) atoms. The van der Waals surface area contributed by atoms with Crippen LogP contribution in [0.5, 0.6) is 5.75 Å². The van der Waals surface area contributed by atoms with Crippen LogP contribution in [0.2, 0.25) is 5.02 Å².